The van der Waals surface area contributed by atoms with E-state index < -0.39 is 62.7 Å². The quantitative estimate of drug-likeness (QED) is 0.172. The lowest BCUT2D eigenvalue weighted by molar-refractivity contribution is -0.146. The molecule has 5 fully saturated rings. The molecule has 0 aromatic heterocycles. The maximum Gasteiger partial charge on any atom is 0.315 e. The van der Waals surface area contributed by atoms with E-state index in [2.05, 4.69) is 35.1 Å². The fraction of sp³-hybridized carbons (Fsp3) is 0.872. The Morgan fingerprint density at radius 2 is 1.49 bits per heavy atom. The summed E-state index contributed by atoms with van der Waals surface area (Å²) >= 11 is 0. The molecule has 5 atom stereocenters. The molecule has 5 rings (SSSR count). The summed E-state index contributed by atoms with van der Waals surface area (Å²) in [6.07, 6.45) is 11.3. The Hall–Kier alpha value is -2.74. The third-order valence-corrected chi connectivity index (χ3v) is 15.6. The molecule has 0 aromatic rings. The van der Waals surface area contributed by atoms with Gasteiger partial charge in [0.1, 0.15) is 12.1 Å². The number of hydrogen-bond acceptors (Lipinski definition) is 7. The van der Waals surface area contributed by atoms with Crippen molar-refractivity contribution in [2.75, 3.05) is 19.3 Å². The molecule has 14 heteroatoms. The van der Waals surface area contributed by atoms with Gasteiger partial charge in [-0.2, -0.15) is 0 Å². The number of nitrogens with one attached hydrogen (secondary N) is 4. The van der Waals surface area contributed by atoms with E-state index in [1.54, 1.807) is 11.9 Å². The van der Waals surface area contributed by atoms with Gasteiger partial charge in [0.05, 0.1) is 17.3 Å². The minimum absolute atomic E-state index is 0.00602. The van der Waals surface area contributed by atoms with E-state index in [9.17, 15) is 32.4 Å². The molecule has 53 heavy (non-hydrogen) atoms. The van der Waals surface area contributed by atoms with Crippen molar-refractivity contribution in [3.63, 3.8) is 0 Å². The first-order valence-electron chi connectivity index (χ1n) is 20.4. The third kappa shape index (κ3) is 9.22. The van der Waals surface area contributed by atoms with Crippen LogP contribution in [0, 0.1) is 22.7 Å². The summed E-state index contributed by atoms with van der Waals surface area (Å²) in [7, 11) is -2.13. The van der Waals surface area contributed by atoms with Crippen molar-refractivity contribution in [3.05, 3.63) is 0 Å². The van der Waals surface area contributed by atoms with Gasteiger partial charge in [0, 0.05) is 25.7 Å². The number of nitrogens with zero attached hydrogens (tertiary/aromatic N) is 2. The predicted molar refractivity (Wildman–Crippen MR) is 203 cm³/mol. The Balaban J connectivity index is 1.39. The average Bonchev–Trinajstić information content (AvgIpc) is 3.95. The van der Waals surface area contributed by atoms with Crippen LogP contribution in [0.15, 0.2) is 0 Å². The highest BCUT2D eigenvalue weighted by molar-refractivity contribution is 7.89. The van der Waals surface area contributed by atoms with Crippen molar-refractivity contribution in [1.29, 1.82) is 0 Å². The molecule has 0 aromatic carbocycles. The van der Waals surface area contributed by atoms with Gasteiger partial charge in [-0.1, -0.05) is 79.1 Å². The summed E-state index contributed by atoms with van der Waals surface area (Å²) in [6, 6.07) is -3.59. The Bertz CT molecular complexity index is 1500. The Labute approximate surface area is 317 Å². The first kappa shape index (κ1) is 41.4. The van der Waals surface area contributed by atoms with Gasteiger partial charge >= 0.3 is 6.03 Å². The summed E-state index contributed by atoms with van der Waals surface area (Å²) in [5, 5.41) is 11.8. The van der Waals surface area contributed by atoms with Gasteiger partial charge in [-0.25, -0.2) is 17.5 Å². The van der Waals surface area contributed by atoms with E-state index >= 15 is 0 Å². The molecule has 5 aliphatic rings. The van der Waals surface area contributed by atoms with E-state index in [-0.39, 0.29) is 41.0 Å². The SMILES string of the molecule is CCCC[C@H](NC(=O)[C@@H]1[C@@H]2[C@H](CN1C(=O)[C@@H](NC(=O)NC1(CS(=O)(=O)N(C)C(C)C)CCCCC1)C1(C)CCCCC1)C2(C)C)C(=O)C(=O)NC1CC1. The highest BCUT2D eigenvalue weighted by atomic mass is 32.2. The zero-order valence-corrected chi connectivity index (χ0v) is 34.0. The Morgan fingerprint density at radius 3 is 2.06 bits per heavy atom. The molecule has 1 aliphatic heterocycles. The van der Waals surface area contributed by atoms with Gasteiger partial charge < -0.3 is 26.2 Å². The van der Waals surface area contributed by atoms with Crippen LogP contribution in [0.3, 0.4) is 0 Å². The van der Waals surface area contributed by atoms with Crippen LogP contribution in [0.5, 0.6) is 0 Å². The first-order valence-corrected chi connectivity index (χ1v) is 22.0. The highest BCUT2D eigenvalue weighted by Gasteiger charge is 2.70. The first-order chi connectivity index (χ1) is 24.9. The van der Waals surface area contributed by atoms with Crippen LogP contribution in [-0.4, -0.2) is 102 Å². The fourth-order valence-corrected chi connectivity index (χ4v) is 11.4. The molecule has 4 aliphatic carbocycles. The second-order valence-corrected chi connectivity index (χ2v) is 20.2. The molecule has 4 N–H and O–H groups in total. The minimum atomic E-state index is -3.69. The van der Waals surface area contributed by atoms with Crippen molar-refractivity contribution in [3.8, 4) is 0 Å². The van der Waals surface area contributed by atoms with E-state index in [1.807, 2.05) is 27.7 Å². The van der Waals surface area contributed by atoms with Gasteiger partial charge in [-0.3, -0.25) is 19.2 Å². The van der Waals surface area contributed by atoms with E-state index in [4.69, 9.17) is 0 Å². The number of rotatable bonds is 16. The summed E-state index contributed by atoms with van der Waals surface area (Å²) in [4.78, 5) is 71.1. The van der Waals surface area contributed by atoms with Crippen molar-refractivity contribution < 1.29 is 32.4 Å². The molecular formula is C39H66N6O7S. The number of piperidine rings is 1. The van der Waals surface area contributed by atoms with Crippen LogP contribution < -0.4 is 21.3 Å². The highest BCUT2D eigenvalue weighted by Crippen LogP contribution is 2.65. The van der Waals surface area contributed by atoms with Crippen LogP contribution in [0.1, 0.15) is 138 Å². The number of fused-ring (bicyclic) bond motifs is 1. The summed E-state index contributed by atoms with van der Waals surface area (Å²) in [5.74, 6) is -2.39. The number of likely N-dealkylation sites (tertiary alicyclic amines) is 1. The zero-order valence-electron chi connectivity index (χ0n) is 33.2. The molecule has 13 nitrogen and oxygen atoms in total. The minimum Gasteiger partial charge on any atom is -0.347 e. The number of ketones is 1. The van der Waals surface area contributed by atoms with Crippen LogP contribution in [-0.2, 0) is 29.2 Å². The lowest BCUT2D eigenvalue weighted by Crippen LogP contribution is -2.65. The van der Waals surface area contributed by atoms with E-state index in [0.29, 0.717) is 32.2 Å². The average molecular weight is 763 g/mol. The molecule has 4 saturated carbocycles. The molecule has 0 unspecified atom stereocenters. The van der Waals surface area contributed by atoms with Crippen LogP contribution in [0.25, 0.3) is 0 Å². The normalized spacial score (nSPS) is 27.0. The largest absolute Gasteiger partial charge is 0.347 e. The molecule has 300 valence electrons. The maximum absolute atomic E-state index is 14.9. The molecule has 0 radical (unpaired) electrons. The predicted octanol–water partition coefficient (Wildman–Crippen LogP) is 4.00. The van der Waals surface area contributed by atoms with Crippen LogP contribution in [0.4, 0.5) is 4.79 Å². The maximum atomic E-state index is 14.9. The van der Waals surface area contributed by atoms with Gasteiger partial charge in [-0.05, 0) is 81.5 Å². The van der Waals surface area contributed by atoms with E-state index in [0.717, 1.165) is 70.6 Å². The third-order valence-electron chi connectivity index (χ3n) is 13.4. The lowest BCUT2D eigenvalue weighted by Gasteiger charge is -2.44. The van der Waals surface area contributed by atoms with Gasteiger partial charge in [0.2, 0.25) is 27.6 Å². The zero-order chi connectivity index (χ0) is 38.9. The summed E-state index contributed by atoms with van der Waals surface area (Å²) in [5.41, 5.74) is -1.75. The number of carbonyl (C=O) groups excluding carboxylic acids is 5. The topological polar surface area (TPSA) is 174 Å². The van der Waals surface area contributed by atoms with Crippen molar-refractivity contribution in [1.82, 2.24) is 30.5 Å². The lowest BCUT2D eigenvalue weighted by atomic mass is 9.70. The molecule has 5 amide bonds. The van der Waals surface area contributed by atoms with Crippen molar-refractivity contribution in [2.24, 2.45) is 22.7 Å². The molecule has 1 saturated heterocycles. The fourth-order valence-electron chi connectivity index (χ4n) is 9.45. The number of unbranched alkanes of at least 4 members (excludes halogenated alkanes) is 1. The molecule has 0 spiro atoms. The summed E-state index contributed by atoms with van der Waals surface area (Å²) in [6.45, 7) is 12.2. The smallest absolute Gasteiger partial charge is 0.315 e. The van der Waals surface area contributed by atoms with Crippen molar-refractivity contribution >= 4 is 39.6 Å². The molecule has 0 bridgehead atoms. The molecule has 1 heterocycles. The number of urea groups is 1. The van der Waals surface area contributed by atoms with Gasteiger partial charge in [0.15, 0.2) is 0 Å². The van der Waals surface area contributed by atoms with Gasteiger partial charge in [0.25, 0.3) is 5.91 Å². The Kier molecular flexibility index (Phi) is 12.6. The van der Waals surface area contributed by atoms with Gasteiger partial charge in [-0.15, -0.1) is 0 Å². The monoisotopic (exact) mass is 762 g/mol. The van der Waals surface area contributed by atoms with Crippen molar-refractivity contribution in [2.45, 2.75) is 174 Å². The molecular weight excluding hydrogens is 697 g/mol. The second kappa shape index (κ2) is 16.2. The number of Topliss-reactive ketones (excluding diaryl/α,β-unsaturated/α-hetero) is 1. The number of sulfonamides is 1. The second-order valence-electron chi connectivity index (χ2n) is 18.2. The Morgan fingerprint density at radius 1 is 0.887 bits per heavy atom. The standard InChI is InChI=1S/C39H66N6O7S/c1-8-9-16-28(31(46)34(48)40-26-17-18-26)41-33(47)30-29-27(37(29,4)5)23-45(30)35(49)32(38(6)19-12-10-13-20-38)42-36(50)43-39(21-14-11-15-22-39)24-53(51,52)44(7)25(2)3/h25-30,32H,8-24H2,1-7H3,(H,40,48)(H,41,47)(H2,42,43,50)/t27-,28-,29-,30-,32+/m0/s1. The number of carbonyl (C=O) groups is 5. The van der Waals surface area contributed by atoms with E-state index in [1.165, 1.54) is 4.31 Å². The van der Waals surface area contributed by atoms with Crippen LogP contribution >= 0.6 is 0 Å². The number of hydrogen-bond donors (Lipinski definition) is 4. The van der Waals surface area contributed by atoms with Crippen LogP contribution in [0.2, 0.25) is 0 Å². The number of amides is 5. The summed E-state index contributed by atoms with van der Waals surface area (Å²) < 4.78 is 28.3.